The summed E-state index contributed by atoms with van der Waals surface area (Å²) in [5.74, 6) is -0.313. The summed E-state index contributed by atoms with van der Waals surface area (Å²) in [5.41, 5.74) is 14.5. The molecule has 0 bridgehead atoms. The summed E-state index contributed by atoms with van der Waals surface area (Å²) in [7, 11) is 0. The number of anilines is 2. The van der Waals surface area contributed by atoms with Gasteiger partial charge in [0.05, 0.1) is 25.2 Å². The zero-order valence-electron chi connectivity index (χ0n) is 20.9. The third-order valence-corrected chi connectivity index (χ3v) is 6.24. The molecule has 0 heterocycles. The van der Waals surface area contributed by atoms with E-state index in [1.807, 2.05) is 25.1 Å². The minimum Gasteiger partial charge on any atom is -0.462 e. The van der Waals surface area contributed by atoms with Crippen LogP contribution < -0.4 is 16.2 Å². The average Bonchev–Trinajstić information content (AvgIpc) is 2.86. The number of ether oxygens (including phenoxy) is 3. The van der Waals surface area contributed by atoms with E-state index >= 15 is 0 Å². The number of carbonyl (C=O) groups is 2. The van der Waals surface area contributed by atoms with Crippen molar-refractivity contribution >= 4 is 29.4 Å². The quantitative estimate of drug-likeness (QED) is 0.110. The fraction of sp³-hybridized carbons (Fsp3) is 0.379. The molecule has 36 heavy (non-hydrogen) atoms. The van der Waals surface area contributed by atoms with Gasteiger partial charge in [0.1, 0.15) is 5.75 Å². The van der Waals surface area contributed by atoms with Crippen LogP contribution in [0.25, 0.3) is 6.08 Å². The zero-order chi connectivity index (χ0) is 25.9. The van der Waals surface area contributed by atoms with Gasteiger partial charge in [0.15, 0.2) is 0 Å². The molecule has 1 saturated carbocycles. The Labute approximate surface area is 213 Å². The van der Waals surface area contributed by atoms with E-state index in [1.54, 1.807) is 36.4 Å². The van der Waals surface area contributed by atoms with E-state index in [2.05, 4.69) is 6.58 Å². The molecule has 1 unspecified atom stereocenters. The van der Waals surface area contributed by atoms with Crippen LogP contribution in [0.5, 0.6) is 5.75 Å². The number of carbonyl (C=O) groups excluding carboxylic acids is 2. The molecule has 0 aromatic heterocycles. The van der Waals surface area contributed by atoms with Crippen molar-refractivity contribution in [1.82, 2.24) is 0 Å². The predicted molar refractivity (Wildman–Crippen MR) is 142 cm³/mol. The Morgan fingerprint density at radius 3 is 2.36 bits per heavy atom. The lowest BCUT2D eigenvalue weighted by atomic mass is 9.87. The molecule has 0 saturated heterocycles. The highest BCUT2D eigenvalue weighted by Crippen LogP contribution is 2.28. The maximum absolute atomic E-state index is 12.5. The molecular weight excluding hydrogens is 456 g/mol. The number of hydrogen-bond acceptors (Lipinski definition) is 7. The van der Waals surface area contributed by atoms with Gasteiger partial charge in [-0.1, -0.05) is 25.1 Å². The largest absolute Gasteiger partial charge is 0.462 e. The summed E-state index contributed by atoms with van der Waals surface area (Å²) < 4.78 is 16.7. The molecule has 1 fully saturated rings. The van der Waals surface area contributed by atoms with Crippen molar-refractivity contribution in [3.63, 3.8) is 0 Å². The second kappa shape index (κ2) is 13.5. The van der Waals surface area contributed by atoms with Crippen LogP contribution in [0.4, 0.5) is 11.4 Å². The van der Waals surface area contributed by atoms with Crippen molar-refractivity contribution in [1.29, 1.82) is 0 Å². The summed E-state index contributed by atoms with van der Waals surface area (Å²) >= 11 is 0. The smallest absolute Gasteiger partial charge is 0.330 e. The van der Waals surface area contributed by atoms with E-state index < -0.39 is 5.97 Å². The third kappa shape index (κ3) is 8.57. The van der Waals surface area contributed by atoms with E-state index in [0.29, 0.717) is 23.7 Å². The standard InChI is InChI=1S/C29H36N2O5/c1-3-4-15-34-26-12-8-22(9-13-26)29(33)36-27-10-5-21(6-11-27)7-14-28(32)35-19-20(2)23-16-24(30)18-25(31)17-23/h3,5-7,10-11,14,16-18,20,22,26H,1,4,8-9,12-13,15,19,30-31H2,2H3/b14-7+. The van der Waals surface area contributed by atoms with Crippen molar-refractivity contribution in [2.24, 2.45) is 5.92 Å². The first kappa shape index (κ1) is 27.0. The number of esters is 2. The molecule has 2 aromatic carbocycles. The fourth-order valence-corrected chi connectivity index (χ4v) is 4.13. The Bertz CT molecular complexity index is 1040. The number of nitrogen functional groups attached to an aromatic ring is 2. The number of nitrogens with two attached hydrogens (primary N) is 2. The van der Waals surface area contributed by atoms with Crippen LogP contribution in [-0.2, 0) is 19.1 Å². The van der Waals surface area contributed by atoms with Crippen molar-refractivity contribution in [2.75, 3.05) is 24.7 Å². The third-order valence-electron chi connectivity index (χ3n) is 6.24. The molecule has 0 amide bonds. The summed E-state index contributed by atoms with van der Waals surface area (Å²) in [6.45, 7) is 6.53. The monoisotopic (exact) mass is 492 g/mol. The maximum Gasteiger partial charge on any atom is 0.330 e. The highest BCUT2D eigenvalue weighted by Gasteiger charge is 2.28. The molecule has 1 atom stereocenters. The number of hydrogen-bond donors (Lipinski definition) is 2. The van der Waals surface area contributed by atoms with E-state index in [9.17, 15) is 9.59 Å². The average molecular weight is 493 g/mol. The lowest BCUT2D eigenvalue weighted by Crippen LogP contribution is -2.29. The van der Waals surface area contributed by atoms with E-state index in [0.717, 1.165) is 43.2 Å². The first-order chi connectivity index (χ1) is 17.3. The highest BCUT2D eigenvalue weighted by atomic mass is 16.5. The van der Waals surface area contributed by atoms with Gasteiger partial charge < -0.3 is 25.7 Å². The normalized spacial score (nSPS) is 18.5. The van der Waals surface area contributed by atoms with Gasteiger partial charge in [0.2, 0.25) is 0 Å². The van der Waals surface area contributed by atoms with E-state index in [1.165, 1.54) is 6.08 Å². The summed E-state index contributed by atoms with van der Waals surface area (Å²) in [4.78, 5) is 24.7. The topological polar surface area (TPSA) is 114 Å². The van der Waals surface area contributed by atoms with Crippen LogP contribution in [0.3, 0.4) is 0 Å². The molecule has 192 valence electrons. The predicted octanol–water partition coefficient (Wildman–Crippen LogP) is 5.27. The van der Waals surface area contributed by atoms with Crippen LogP contribution in [0.2, 0.25) is 0 Å². The summed E-state index contributed by atoms with van der Waals surface area (Å²) in [6, 6.07) is 12.3. The number of benzene rings is 2. The lowest BCUT2D eigenvalue weighted by molar-refractivity contribution is -0.141. The molecule has 7 heteroatoms. The van der Waals surface area contributed by atoms with Crippen LogP contribution in [0.15, 0.2) is 61.2 Å². The fourth-order valence-electron chi connectivity index (χ4n) is 4.13. The van der Waals surface area contributed by atoms with Crippen molar-refractivity contribution < 1.29 is 23.8 Å². The molecule has 0 radical (unpaired) electrons. The van der Waals surface area contributed by atoms with Crippen molar-refractivity contribution in [2.45, 2.75) is 51.0 Å². The van der Waals surface area contributed by atoms with E-state index in [4.69, 9.17) is 25.7 Å². The zero-order valence-corrected chi connectivity index (χ0v) is 20.9. The Hall–Kier alpha value is -3.58. The van der Waals surface area contributed by atoms with Crippen molar-refractivity contribution in [3.8, 4) is 5.75 Å². The van der Waals surface area contributed by atoms with Crippen LogP contribution in [0, 0.1) is 5.92 Å². The Morgan fingerprint density at radius 1 is 1.06 bits per heavy atom. The summed E-state index contributed by atoms with van der Waals surface area (Å²) in [6.07, 6.45) is 9.19. The summed E-state index contributed by atoms with van der Waals surface area (Å²) in [5, 5.41) is 0. The molecule has 0 spiro atoms. The highest BCUT2D eigenvalue weighted by molar-refractivity contribution is 5.87. The Balaban J connectivity index is 1.41. The molecule has 1 aliphatic rings. The second-order valence-corrected chi connectivity index (χ2v) is 9.21. The Morgan fingerprint density at radius 2 is 1.72 bits per heavy atom. The first-order valence-electron chi connectivity index (χ1n) is 12.4. The number of rotatable bonds is 11. The SMILES string of the molecule is C=CCCOC1CCC(C(=O)Oc2ccc(/C=C/C(=O)OCC(C)c3cc(N)cc(N)c3)cc2)CC1. The Kier molecular flexibility index (Phi) is 10.1. The first-order valence-corrected chi connectivity index (χ1v) is 12.4. The van der Waals surface area contributed by atoms with Gasteiger partial charge in [-0.05, 0) is 79.6 Å². The van der Waals surface area contributed by atoms with Gasteiger partial charge >= 0.3 is 11.9 Å². The van der Waals surface area contributed by atoms with Gasteiger partial charge in [-0.2, -0.15) is 0 Å². The minimum atomic E-state index is -0.446. The molecule has 2 aromatic rings. The molecule has 1 aliphatic carbocycles. The van der Waals surface area contributed by atoms with Gasteiger partial charge in [-0.3, -0.25) is 4.79 Å². The van der Waals surface area contributed by atoms with Crippen molar-refractivity contribution in [3.05, 3.63) is 72.3 Å². The van der Waals surface area contributed by atoms with Gasteiger partial charge in [0, 0.05) is 23.4 Å². The lowest BCUT2D eigenvalue weighted by Gasteiger charge is -2.27. The van der Waals surface area contributed by atoms with Gasteiger partial charge in [-0.15, -0.1) is 6.58 Å². The molecular formula is C29H36N2O5. The molecule has 0 aliphatic heterocycles. The van der Waals surface area contributed by atoms with Crippen LogP contribution >= 0.6 is 0 Å². The van der Waals surface area contributed by atoms with Gasteiger partial charge in [-0.25, -0.2) is 4.79 Å². The molecule has 7 nitrogen and oxygen atoms in total. The molecule has 4 N–H and O–H groups in total. The molecule has 3 rings (SSSR count). The van der Waals surface area contributed by atoms with E-state index in [-0.39, 0.29) is 30.5 Å². The van der Waals surface area contributed by atoms with Crippen LogP contribution in [-0.4, -0.2) is 31.3 Å². The van der Waals surface area contributed by atoms with Gasteiger partial charge in [0.25, 0.3) is 0 Å². The second-order valence-electron chi connectivity index (χ2n) is 9.21. The minimum absolute atomic E-state index is 0.0399. The van der Waals surface area contributed by atoms with Crippen LogP contribution in [0.1, 0.15) is 56.1 Å². The maximum atomic E-state index is 12.5.